The Morgan fingerprint density at radius 1 is 1.25 bits per heavy atom. The highest BCUT2D eigenvalue weighted by molar-refractivity contribution is 5.10. The maximum atomic E-state index is 13.2. The summed E-state index contributed by atoms with van der Waals surface area (Å²) < 4.78 is 13.2. The fourth-order valence-electron chi connectivity index (χ4n) is 3.64. The van der Waals surface area contributed by atoms with Gasteiger partial charge in [0.1, 0.15) is 5.82 Å². The van der Waals surface area contributed by atoms with Crippen LogP contribution >= 0.6 is 0 Å². The monoisotopic (exact) mass is 277 g/mol. The summed E-state index contributed by atoms with van der Waals surface area (Å²) in [5.74, 6) is 0.596. The van der Waals surface area contributed by atoms with Gasteiger partial charge in [0.15, 0.2) is 0 Å². The second-order valence-corrected chi connectivity index (χ2v) is 6.21. The van der Waals surface area contributed by atoms with E-state index >= 15 is 0 Å². The highest BCUT2D eigenvalue weighted by Crippen LogP contribution is 2.27. The van der Waals surface area contributed by atoms with Gasteiger partial charge in [-0.3, -0.25) is 9.88 Å². The van der Waals surface area contributed by atoms with E-state index in [1.807, 2.05) is 0 Å². The lowest BCUT2D eigenvalue weighted by atomic mass is 9.83. The molecule has 1 aliphatic heterocycles. The van der Waals surface area contributed by atoms with Crippen LogP contribution in [0.1, 0.15) is 37.7 Å². The van der Waals surface area contributed by atoms with E-state index in [2.05, 4.69) is 15.2 Å². The molecule has 1 saturated carbocycles. The SMILES string of the molecule is Fc1cncc(CN2CCNC(C3CCCCC3)C2)c1. The van der Waals surface area contributed by atoms with Crippen molar-refractivity contribution in [1.82, 2.24) is 15.2 Å². The zero-order valence-electron chi connectivity index (χ0n) is 12.0. The summed E-state index contributed by atoms with van der Waals surface area (Å²) in [5.41, 5.74) is 0.981. The predicted molar refractivity (Wildman–Crippen MR) is 77.8 cm³/mol. The molecule has 0 bridgehead atoms. The number of aromatic nitrogens is 1. The smallest absolute Gasteiger partial charge is 0.141 e. The Labute approximate surface area is 120 Å². The number of piperazine rings is 1. The third-order valence-corrected chi connectivity index (χ3v) is 4.68. The Balaban J connectivity index is 1.57. The van der Waals surface area contributed by atoms with Gasteiger partial charge >= 0.3 is 0 Å². The van der Waals surface area contributed by atoms with Crippen molar-refractivity contribution in [3.05, 3.63) is 29.8 Å². The quantitative estimate of drug-likeness (QED) is 0.920. The van der Waals surface area contributed by atoms with Crippen LogP contribution in [0.5, 0.6) is 0 Å². The Kier molecular flexibility index (Phi) is 4.63. The lowest BCUT2D eigenvalue weighted by molar-refractivity contribution is 0.141. The van der Waals surface area contributed by atoms with Crippen molar-refractivity contribution in [2.45, 2.75) is 44.7 Å². The number of halogens is 1. The van der Waals surface area contributed by atoms with Crippen LogP contribution in [0.3, 0.4) is 0 Å². The summed E-state index contributed by atoms with van der Waals surface area (Å²) in [6.07, 6.45) is 9.96. The molecule has 110 valence electrons. The zero-order chi connectivity index (χ0) is 13.8. The number of pyridine rings is 1. The number of hydrogen-bond acceptors (Lipinski definition) is 3. The van der Waals surface area contributed by atoms with Gasteiger partial charge in [-0.25, -0.2) is 4.39 Å². The van der Waals surface area contributed by atoms with Crippen molar-refractivity contribution in [3.63, 3.8) is 0 Å². The van der Waals surface area contributed by atoms with E-state index in [9.17, 15) is 4.39 Å². The molecule has 0 aromatic carbocycles. The average Bonchev–Trinajstić information content (AvgIpc) is 2.48. The molecular formula is C16H24FN3. The first-order valence-electron chi connectivity index (χ1n) is 7.86. The van der Waals surface area contributed by atoms with Gasteiger partial charge in [0, 0.05) is 38.4 Å². The molecule has 0 radical (unpaired) electrons. The van der Waals surface area contributed by atoms with E-state index < -0.39 is 0 Å². The number of hydrogen-bond donors (Lipinski definition) is 1. The molecule has 1 aliphatic carbocycles. The maximum Gasteiger partial charge on any atom is 0.141 e. The molecule has 0 spiro atoms. The standard InChI is InChI=1S/C16H24FN3/c17-15-8-13(9-18-10-15)11-20-7-6-19-16(12-20)14-4-2-1-3-5-14/h8-10,14,16,19H,1-7,11-12H2. The molecular weight excluding hydrogens is 253 g/mol. The van der Waals surface area contributed by atoms with Crippen molar-refractivity contribution in [3.8, 4) is 0 Å². The van der Waals surface area contributed by atoms with E-state index in [4.69, 9.17) is 0 Å². The molecule has 3 nitrogen and oxygen atoms in total. The van der Waals surface area contributed by atoms with Gasteiger partial charge in [0.05, 0.1) is 6.20 Å². The number of nitrogens with one attached hydrogen (secondary N) is 1. The van der Waals surface area contributed by atoms with Crippen LogP contribution in [0, 0.1) is 11.7 Å². The van der Waals surface area contributed by atoms with Crippen molar-refractivity contribution in [1.29, 1.82) is 0 Å². The summed E-state index contributed by atoms with van der Waals surface area (Å²) in [5, 5.41) is 3.68. The lowest BCUT2D eigenvalue weighted by Crippen LogP contribution is -2.53. The van der Waals surface area contributed by atoms with Crippen molar-refractivity contribution >= 4 is 0 Å². The lowest BCUT2D eigenvalue weighted by Gasteiger charge is -2.39. The first-order chi connectivity index (χ1) is 9.81. The second kappa shape index (κ2) is 6.64. The van der Waals surface area contributed by atoms with Gasteiger partial charge < -0.3 is 5.32 Å². The maximum absolute atomic E-state index is 13.2. The summed E-state index contributed by atoms with van der Waals surface area (Å²) in [6.45, 7) is 3.99. The molecule has 1 aromatic rings. The number of rotatable bonds is 3. The summed E-state index contributed by atoms with van der Waals surface area (Å²) in [7, 11) is 0. The van der Waals surface area contributed by atoms with Crippen LogP contribution < -0.4 is 5.32 Å². The molecule has 2 aliphatic rings. The third-order valence-electron chi connectivity index (χ3n) is 4.68. The topological polar surface area (TPSA) is 28.2 Å². The van der Waals surface area contributed by atoms with Crippen molar-refractivity contribution < 1.29 is 4.39 Å². The molecule has 1 saturated heterocycles. The van der Waals surface area contributed by atoms with Crippen LogP contribution in [-0.4, -0.2) is 35.6 Å². The number of nitrogens with zero attached hydrogens (tertiary/aromatic N) is 2. The highest BCUT2D eigenvalue weighted by atomic mass is 19.1. The molecule has 1 unspecified atom stereocenters. The largest absolute Gasteiger partial charge is 0.311 e. The minimum absolute atomic E-state index is 0.235. The van der Waals surface area contributed by atoms with E-state index in [-0.39, 0.29) is 5.82 Å². The van der Waals surface area contributed by atoms with Gasteiger partial charge in [0.2, 0.25) is 0 Å². The minimum atomic E-state index is -0.235. The molecule has 1 N–H and O–H groups in total. The third kappa shape index (κ3) is 3.55. The summed E-state index contributed by atoms with van der Waals surface area (Å²) >= 11 is 0. The Morgan fingerprint density at radius 3 is 2.90 bits per heavy atom. The Bertz CT molecular complexity index is 431. The predicted octanol–water partition coefficient (Wildman–Crippen LogP) is 2.57. The molecule has 1 aromatic heterocycles. The Hall–Kier alpha value is -1.00. The van der Waals surface area contributed by atoms with Crippen LogP contribution in [0.25, 0.3) is 0 Å². The fraction of sp³-hybridized carbons (Fsp3) is 0.688. The molecule has 2 fully saturated rings. The van der Waals surface area contributed by atoms with Gasteiger partial charge in [-0.05, 0) is 30.4 Å². The van der Waals surface area contributed by atoms with Crippen LogP contribution in [-0.2, 0) is 6.54 Å². The molecule has 2 heterocycles. The summed E-state index contributed by atoms with van der Waals surface area (Å²) in [6, 6.07) is 2.22. The van der Waals surface area contributed by atoms with E-state index in [0.717, 1.165) is 37.7 Å². The van der Waals surface area contributed by atoms with Crippen LogP contribution in [0.15, 0.2) is 18.5 Å². The average molecular weight is 277 g/mol. The normalized spacial score (nSPS) is 25.8. The Morgan fingerprint density at radius 2 is 2.10 bits per heavy atom. The van der Waals surface area contributed by atoms with Crippen molar-refractivity contribution in [2.75, 3.05) is 19.6 Å². The van der Waals surface area contributed by atoms with Crippen LogP contribution in [0.4, 0.5) is 4.39 Å². The molecule has 4 heteroatoms. The van der Waals surface area contributed by atoms with E-state index in [1.165, 1.54) is 38.3 Å². The first kappa shape index (κ1) is 14.0. The zero-order valence-corrected chi connectivity index (χ0v) is 12.0. The molecule has 20 heavy (non-hydrogen) atoms. The van der Waals surface area contributed by atoms with Crippen molar-refractivity contribution in [2.24, 2.45) is 5.92 Å². The van der Waals surface area contributed by atoms with Crippen LogP contribution in [0.2, 0.25) is 0 Å². The first-order valence-corrected chi connectivity index (χ1v) is 7.86. The summed E-state index contributed by atoms with van der Waals surface area (Å²) in [4.78, 5) is 6.38. The fourth-order valence-corrected chi connectivity index (χ4v) is 3.64. The van der Waals surface area contributed by atoms with Gasteiger partial charge in [-0.15, -0.1) is 0 Å². The highest BCUT2D eigenvalue weighted by Gasteiger charge is 2.27. The second-order valence-electron chi connectivity index (χ2n) is 6.21. The van der Waals surface area contributed by atoms with Gasteiger partial charge in [0.25, 0.3) is 0 Å². The van der Waals surface area contributed by atoms with E-state index in [1.54, 1.807) is 12.3 Å². The molecule has 0 amide bonds. The van der Waals surface area contributed by atoms with E-state index in [0.29, 0.717) is 6.04 Å². The molecule has 3 rings (SSSR count). The van der Waals surface area contributed by atoms with Gasteiger partial charge in [-0.2, -0.15) is 0 Å². The van der Waals surface area contributed by atoms with Gasteiger partial charge in [-0.1, -0.05) is 19.3 Å². The molecule has 1 atom stereocenters. The minimum Gasteiger partial charge on any atom is -0.311 e.